The molecule has 0 unspecified atom stereocenters. The summed E-state index contributed by atoms with van der Waals surface area (Å²) in [5, 5.41) is 8.90. The molecule has 0 aliphatic heterocycles. The van der Waals surface area contributed by atoms with Crippen molar-refractivity contribution in [3.05, 3.63) is 12.2 Å². The summed E-state index contributed by atoms with van der Waals surface area (Å²) in [7, 11) is 0. The van der Waals surface area contributed by atoms with Gasteiger partial charge in [-0.2, -0.15) is 5.10 Å². The molecule has 0 radical (unpaired) electrons. The van der Waals surface area contributed by atoms with Crippen molar-refractivity contribution in [2.24, 2.45) is 0 Å². The van der Waals surface area contributed by atoms with Crippen molar-refractivity contribution < 1.29 is 14.3 Å². The van der Waals surface area contributed by atoms with Gasteiger partial charge in [-0.25, -0.2) is 4.98 Å². The van der Waals surface area contributed by atoms with Crippen LogP contribution in [0.1, 0.15) is 39.4 Å². The fourth-order valence-electron chi connectivity index (χ4n) is 1.19. The zero-order valence-electron chi connectivity index (χ0n) is 10.8. The number of carbonyl (C=O) groups excluding carboxylic acids is 2. The quantitative estimate of drug-likeness (QED) is 0.747. The van der Waals surface area contributed by atoms with E-state index < -0.39 is 5.60 Å². The number of nitrogens with zero attached hydrogens (tertiary/aromatic N) is 2. The highest BCUT2D eigenvalue weighted by atomic mass is 16.6. The number of ether oxygens (including phenoxy) is 1. The molecule has 7 heteroatoms. The van der Waals surface area contributed by atoms with Crippen molar-refractivity contribution in [1.82, 2.24) is 20.5 Å². The maximum absolute atomic E-state index is 11.4. The Morgan fingerprint density at radius 3 is 2.67 bits per heavy atom. The molecule has 0 fully saturated rings. The highest BCUT2D eigenvalue weighted by Crippen LogP contribution is 2.08. The first kappa shape index (κ1) is 14.1. The molecule has 0 aliphatic rings. The Hall–Kier alpha value is -1.92. The molecule has 0 aromatic carbocycles. The van der Waals surface area contributed by atoms with Crippen LogP contribution in [0.15, 0.2) is 6.33 Å². The maximum Gasteiger partial charge on any atom is 0.306 e. The second-order valence-electron chi connectivity index (χ2n) is 4.80. The summed E-state index contributed by atoms with van der Waals surface area (Å²) >= 11 is 0. The van der Waals surface area contributed by atoms with Crippen molar-refractivity contribution in [3.63, 3.8) is 0 Å². The molecule has 2 N–H and O–H groups in total. The van der Waals surface area contributed by atoms with E-state index in [1.807, 2.05) is 0 Å². The van der Waals surface area contributed by atoms with Gasteiger partial charge in [0.2, 0.25) is 5.91 Å². The SMILES string of the molecule is CC(C)(C)OC(=O)CCC(=O)NCc1ncn[nH]1. The number of H-pyrrole nitrogens is 1. The molecule has 1 amide bonds. The largest absolute Gasteiger partial charge is 0.460 e. The molecule has 7 nitrogen and oxygen atoms in total. The Morgan fingerprint density at radius 1 is 1.39 bits per heavy atom. The minimum absolute atomic E-state index is 0.0690. The van der Waals surface area contributed by atoms with Gasteiger partial charge in [0, 0.05) is 6.42 Å². The summed E-state index contributed by atoms with van der Waals surface area (Å²) in [6, 6.07) is 0. The number of rotatable bonds is 5. The third kappa shape index (κ3) is 5.97. The smallest absolute Gasteiger partial charge is 0.306 e. The standard InChI is InChI=1S/C11H18N4O3/c1-11(2,3)18-10(17)5-4-9(16)12-6-8-13-7-14-15-8/h7H,4-6H2,1-3H3,(H,12,16)(H,13,14,15). The third-order valence-corrected chi connectivity index (χ3v) is 1.89. The topological polar surface area (TPSA) is 97.0 Å². The van der Waals surface area contributed by atoms with E-state index in [1.165, 1.54) is 6.33 Å². The molecule has 1 aromatic heterocycles. The summed E-state index contributed by atoms with van der Waals surface area (Å²) in [5.41, 5.74) is -0.520. The van der Waals surface area contributed by atoms with E-state index in [4.69, 9.17) is 4.74 Å². The number of hydrogen-bond donors (Lipinski definition) is 2. The first-order valence-corrected chi connectivity index (χ1v) is 5.69. The van der Waals surface area contributed by atoms with Crippen LogP contribution in [0.25, 0.3) is 0 Å². The van der Waals surface area contributed by atoms with Gasteiger partial charge in [0.1, 0.15) is 17.8 Å². The van der Waals surface area contributed by atoms with Crippen molar-refractivity contribution >= 4 is 11.9 Å². The molecule has 1 aromatic rings. The number of esters is 1. The molecule has 0 atom stereocenters. The highest BCUT2D eigenvalue weighted by Gasteiger charge is 2.16. The predicted molar refractivity (Wildman–Crippen MR) is 63.3 cm³/mol. The highest BCUT2D eigenvalue weighted by molar-refractivity contribution is 5.81. The minimum Gasteiger partial charge on any atom is -0.460 e. The molecular weight excluding hydrogens is 236 g/mol. The second-order valence-corrected chi connectivity index (χ2v) is 4.80. The number of hydrogen-bond acceptors (Lipinski definition) is 5. The van der Waals surface area contributed by atoms with Gasteiger partial charge in [-0.15, -0.1) is 0 Å². The number of nitrogens with one attached hydrogen (secondary N) is 2. The monoisotopic (exact) mass is 254 g/mol. The van der Waals surface area contributed by atoms with Crippen LogP contribution in [0.3, 0.4) is 0 Å². The van der Waals surface area contributed by atoms with Crippen LogP contribution < -0.4 is 5.32 Å². The van der Waals surface area contributed by atoms with Gasteiger partial charge < -0.3 is 10.1 Å². The molecular formula is C11H18N4O3. The fourth-order valence-corrected chi connectivity index (χ4v) is 1.19. The molecule has 0 saturated heterocycles. The van der Waals surface area contributed by atoms with E-state index >= 15 is 0 Å². The third-order valence-electron chi connectivity index (χ3n) is 1.89. The fraction of sp³-hybridized carbons (Fsp3) is 0.636. The van der Waals surface area contributed by atoms with Crippen molar-refractivity contribution in [2.75, 3.05) is 0 Å². The van der Waals surface area contributed by atoms with Gasteiger partial charge in [0.15, 0.2) is 0 Å². The molecule has 0 bridgehead atoms. The van der Waals surface area contributed by atoms with E-state index in [2.05, 4.69) is 20.5 Å². The summed E-state index contributed by atoms with van der Waals surface area (Å²) in [6.07, 6.45) is 1.53. The van der Waals surface area contributed by atoms with Crippen molar-refractivity contribution in [3.8, 4) is 0 Å². The average Bonchev–Trinajstić information content (AvgIpc) is 2.74. The Bertz CT molecular complexity index is 395. The van der Waals surface area contributed by atoms with E-state index in [0.29, 0.717) is 5.82 Å². The zero-order valence-corrected chi connectivity index (χ0v) is 10.8. The second kappa shape index (κ2) is 6.13. The lowest BCUT2D eigenvalue weighted by molar-refractivity contribution is -0.155. The number of aromatic amines is 1. The van der Waals surface area contributed by atoms with Crippen LogP contribution in [0.2, 0.25) is 0 Å². The van der Waals surface area contributed by atoms with Gasteiger partial charge in [-0.05, 0) is 20.8 Å². The molecule has 0 saturated carbocycles. The zero-order chi connectivity index (χ0) is 13.6. The van der Waals surface area contributed by atoms with Crippen LogP contribution in [-0.2, 0) is 20.9 Å². The lowest BCUT2D eigenvalue weighted by atomic mass is 10.2. The lowest BCUT2D eigenvalue weighted by Crippen LogP contribution is -2.27. The van der Waals surface area contributed by atoms with Crippen LogP contribution in [0.5, 0.6) is 0 Å². The predicted octanol–water partition coefficient (Wildman–Crippen LogP) is 0.543. The van der Waals surface area contributed by atoms with Crippen LogP contribution in [-0.4, -0.2) is 32.7 Å². The summed E-state index contributed by atoms with van der Waals surface area (Å²) < 4.78 is 5.09. The lowest BCUT2D eigenvalue weighted by Gasteiger charge is -2.19. The Labute approximate surface area is 105 Å². The average molecular weight is 254 g/mol. The Kier molecular flexibility index (Phi) is 4.82. The van der Waals surface area contributed by atoms with Crippen molar-refractivity contribution in [2.45, 2.75) is 45.8 Å². The van der Waals surface area contributed by atoms with Crippen LogP contribution >= 0.6 is 0 Å². The molecule has 1 rings (SSSR count). The van der Waals surface area contributed by atoms with Crippen LogP contribution in [0.4, 0.5) is 0 Å². The summed E-state index contributed by atoms with van der Waals surface area (Å²) in [4.78, 5) is 26.7. The Morgan fingerprint density at radius 2 is 2.11 bits per heavy atom. The number of aromatic nitrogens is 3. The first-order chi connectivity index (χ1) is 8.37. The summed E-state index contributed by atoms with van der Waals surface area (Å²) in [5.74, 6) is -0.0322. The molecule has 0 spiro atoms. The van der Waals surface area contributed by atoms with E-state index in [9.17, 15) is 9.59 Å². The summed E-state index contributed by atoms with van der Waals surface area (Å²) in [6.45, 7) is 5.63. The maximum atomic E-state index is 11.4. The molecule has 100 valence electrons. The van der Waals surface area contributed by atoms with E-state index in [-0.39, 0.29) is 31.3 Å². The van der Waals surface area contributed by atoms with Crippen LogP contribution in [0, 0.1) is 0 Å². The number of amides is 1. The van der Waals surface area contributed by atoms with Gasteiger partial charge in [0.25, 0.3) is 0 Å². The Balaban J connectivity index is 2.19. The van der Waals surface area contributed by atoms with Gasteiger partial charge in [-0.3, -0.25) is 14.7 Å². The minimum atomic E-state index is -0.520. The van der Waals surface area contributed by atoms with E-state index in [0.717, 1.165) is 0 Å². The van der Waals surface area contributed by atoms with E-state index in [1.54, 1.807) is 20.8 Å². The normalized spacial score (nSPS) is 11.1. The van der Waals surface area contributed by atoms with Gasteiger partial charge >= 0.3 is 5.97 Å². The number of carbonyl (C=O) groups is 2. The first-order valence-electron chi connectivity index (χ1n) is 5.69. The van der Waals surface area contributed by atoms with Crippen molar-refractivity contribution in [1.29, 1.82) is 0 Å². The van der Waals surface area contributed by atoms with Gasteiger partial charge in [0.05, 0.1) is 13.0 Å². The molecule has 18 heavy (non-hydrogen) atoms. The van der Waals surface area contributed by atoms with Gasteiger partial charge in [-0.1, -0.05) is 0 Å². The molecule has 0 aliphatic carbocycles. The molecule has 1 heterocycles.